The van der Waals surface area contributed by atoms with Crippen LogP contribution in [0, 0.1) is 24.3 Å². The Kier molecular flexibility index (Phi) is 2.49. The van der Waals surface area contributed by atoms with Crippen molar-refractivity contribution in [2.45, 2.75) is 20.8 Å². The summed E-state index contributed by atoms with van der Waals surface area (Å²) in [6, 6.07) is 0. The Morgan fingerprint density at radius 3 is 2.27 bits per heavy atom. The number of aromatic nitrogens is 1. The minimum absolute atomic E-state index is 0.420. The van der Waals surface area contributed by atoms with Crippen LogP contribution in [0.4, 0.5) is 5.82 Å². The number of nitrogen functional groups attached to an aromatic ring is 1. The lowest BCUT2D eigenvalue weighted by Gasteiger charge is -1.95. The van der Waals surface area contributed by atoms with Gasteiger partial charge in [-0.05, 0) is 43.4 Å². The fourth-order valence-electron chi connectivity index (χ4n) is 1.57. The van der Waals surface area contributed by atoms with Crippen LogP contribution < -0.4 is 5.73 Å². The van der Waals surface area contributed by atoms with Crippen LogP contribution in [0.5, 0.6) is 0 Å². The monoisotopic (exact) mass is 318 g/mol. The third-order valence-electron chi connectivity index (χ3n) is 2.45. The summed E-state index contributed by atoms with van der Waals surface area (Å²) in [6.07, 6.45) is 0. The molecule has 0 aliphatic rings. The van der Waals surface area contributed by atoms with Crippen LogP contribution in [0.1, 0.15) is 17.1 Å². The molecule has 0 aliphatic heterocycles. The molecule has 2 N–H and O–H groups in total. The maximum absolute atomic E-state index is 5.64. The van der Waals surface area contributed by atoms with Crippen molar-refractivity contribution in [3.8, 4) is 11.3 Å². The standard InChI is InChI=1S/C10H11IN2O2/c1-4-5(2)14-6(3)7(4)9-8(11)10(12)13-15-9/h1-3H3,(H2,12,13). The number of halogens is 1. The molecule has 0 amide bonds. The maximum atomic E-state index is 5.64. The van der Waals surface area contributed by atoms with Crippen molar-refractivity contribution in [1.82, 2.24) is 5.16 Å². The molecule has 0 aromatic carbocycles. The van der Waals surface area contributed by atoms with E-state index in [0.717, 1.165) is 26.2 Å². The first kappa shape index (κ1) is 10.5. The largest absolute Gasteiger partial charge is 0.466 e. The molecular formula is C10H11IN2O2. The summed E-state index contributed by atoms with van der Waals surface area (Å²) in [7, 11) is 0. The van der Waals surface area contributed by atoms with E-state index in [0.29, 0.717) is 11.6 Å². The second-order valence-corrected chi connectivity index (χ2v) is 4.50. The SMILES string of the molecule is Cc1oc(C)c(-c2onc(N)c2I)c1C. The van der Waals surface area contributed by atoms with Gasteiger partial charge in [-0.1, -0.05) is 5.16 Å². The molecule has 0 fully saturated rings. The smallest absolute Gasteiger partial charge is 0.186 e. The Bertz CT molecular complexity index is 514. The summed E-state index contributed by atoms with van der Waals surface area (Å²) >= 11 is 2.12. The van der Waals surface area contributed by atoms with E-state index in [9.17, 15) is 0 Å². The summed E-state index contributed by atoms with van der Waals surface area (Å²) in [5.74, 6) is 2.84. The van der Waals surface area contributed by atoms with E-state index in [1.54, 1.807) is 0 Å². The number of hydrogen-bond acceptors (Lipinski definition) is 4. The number of hydrogen-bond donors (Lipinski definition) is 1. The Hall–Kier alpha value is -0.980. The maximum Gasteiger partial charge on any atom is 0.186 e. The third-order valence-corrected chi connectivity index (χ3v) is 3.49. The number of aryl methyl sites for hydroxylation is 2. The van der Waals surface area contributed by atoms with Crippen LogP contribution in [0.3, 0.4) is 0 Å². The second-order valence-electron chi connectivity index (χ2n) is 3.43. The van der Waals surface area contributed by atoms with Gasteiger partial charge in [-0.15, -0.1) is 0 Å². The Labute approximate surface area is 101 Å². The molecule has 4 nitrogen and oxygen atoms in total. The molecule has 0 spiro atoms. The number of nitrogens with two attached hydrogens (primary N) is 1. The fraction of sp³-hybridized carbons (Fsp3) is 0.300. The first-order valence-corrected chi connectivity index (χ1v) is 5.57. The predicted octanol–water partition coefficient (Wildman–Crippen LogP) is 3.05. The van der Waals surface area contributed by atoms with Gasteiger partial charge in [0.1, 0.15) is 15.1 Å². The van der Waals surface area contributed by atoms with Gasteiger partial charge in [0.05, 0.1) is 5.56 Å². The zero-order valence-corrected chi connectivity index (χ0v) is 10.9. The fourth-order valence-corrected chi connectivity index (χ4v) is 2.04. The highest BCUT2D eigenvalue weighted by Gasteiger charge is 2.21. The Morgan fingerprint density at radius 1 is 1.20 bits per heavy atom. The van der Waals surface area contributed by atoms with Crippen molar-refractivity contribution in [1.29, 1.82) is 0 Å². The van der Waals surface area contributed by atoms with Crippen molar-refractivity contribution in [3.05, 3.63) is 20.7 Å². The summed E-state index contributed by atoms with van der Waals surface area (Å²) in [5.41, 5.74) is 7.67. The quantitative estimate of drug-likeness (QED) is 0.821. The van der Waals surface area contributed by atoms with Gasteiger partial charge >= 0.3 is 0 Å². The lowest BCUT2D eigenvalue weighted by Crippen LogP contribution is -1.87. The van der Waals surface area contributed by atoms with E-state index in [1.807, 2.05) is 20.8 Å². The normalized spacial score (nSPS) is 10.9. The number of nitrogens with zero attached hydrogens (tertiary/aromatic N) is 1. The van der Waals surface area contributed by atoms with Crippen LogP contribution in [-0.2, 0) is 0 Å². The molecular weight excluding hydrogens is 307 g/mol. The van der Waals surface area contributed by atoms with Gasteiger partial charge in [-0.2, -0.15) is 0 Å². The van der Waals surface area contributed by atoms with Crippen molar-refractivity contribution in [2.75, 3.05) is 5.73 Å². The molecule has 0 aliphatic carbocycles. The molecule has 80 valence electrons. The zero-order valence-electron chi connectivity index (χ0n) is 8.72. The Balaban J connectivity index is 2.68. The number of furan rings is 1. The molecule has 2 aromatic heterocycles. The minimum atomic E-state index is 0.420. The van der Waals surface area contributed by atoms with Gasteiger partial charge in [-0.3, -0.25) is 0 Å². The molecule has 0 saturated carbocycles. The number of rotatable bonds is 1. The van der Waals surface area contributed by atoms with Crippen molar-refractivity contribution in [3.63, 3.8) is 0 Å². The Morgan fingerprint density at radius 2 is 1.87 bits per heavy atom. The van der Waals surface area contributed by atoms with E-state index in [-0.39, 0.29) is 0 Å². The summed E-state index contributed by atoms with van der Waals surface area (Å²) < 4.78 is 11.6. The molecule has 2 rings (SSSR count). The molecule has 15 heavy (non-hydrogen) atoms. The van der Waals surface area contributed by atoms with Crippen molar-refractivity contribution < 1.29 is 8.94 Å². The molecule has 5 heteroatoms. The van der Waals surface area contributed by atoms with Gasteiger partial charge < -0.3 is 14.7 Å². The molecule has 2 heterocycles. The predicted molar refractivity (Wildman–Crippen MR) is 65.5 cm³/mol. The summed E-state index contributed by atoms with van der Waals surface area (Å²) in [4.78, 5) is 0. The van der Waals surface area contributed by atoms with Gasteiger partial charge in [0, 0.05) is 5.56 Å². The summed E-state index contributed by atoms with van der Waals surface area (Å²) in [5, 5.41) is 3.74. The highest BCUT2D eigenvalue weighted by Crippen LogP contribution is 2.36. The topological polar surface area (TPSA) is 65.2 Å². The first-order valence-electron chi connectivity index (χ1n) is 4.50. The highest BCUT2D eigenvalue weighted by molar-refractivity contribution is 14.1. The van der Waals surface area contributed by atoms with Gasteiger partial charge in [0.25, 0.3) is 0 Å². The first-order chi connectivity index (χ1) is 7.02. The molecule has 0 unspecified atom stereocenters. The third kappa shape index (κ3) is 1.54. The van der Waals surface area contributed by atoms with Gasteiger partial charge in [0.2, 0.25) is 0 Å². The molecule has 2 aromatic rings. The second kappa shape index (κ2) is 3.55. The minimum Gasteiger partial charge on any atom is -0.466 e. The van der Waals surface area contributed by atoms with Crippen LogP contribution in [0.25, 0.3) is 11.3 Å². The molecule has 0 bridgehead atoms. The van der Waals surface area contributed by atoms with Crippen LogP contribution in [0.2, 0.25) is 0 Å². The van der Waals surface area contributed by atoms with Crippen LogP contribution >= 0.6 is 22.6 Å². The molecule has 0 saturated heterocycles. The average molecular weight is 318 g/mol. The van der Waals surface area contributed by atoms with E-state index in [1.165, 1.54) is 0 Å². The van der Waals surface area contributed by atoms with E-state index in [2.05, 4.69) is 27.7 Å². The number of anilines is 1. The lowest BCUT2D eigenvalue weighted by molar-refractivity contribution is 0.433. The van der Waals surface area contributed by atoms with Crippen molar-refractivity contribution in [2.24, 2.45) is 0 Å². The molecule has 0 radical (unpaired) electrons. The van der Waals surface area contributed by atoms with Crippen LogP contribution in [-0.4, -0.2) is 5.16 Å². The highest BCUT2D eigenvalue weighted by atomic mass is 127. The van der Waals surface area contributed by atoms with E-state index >= 15 is 0 Å². The summed E-state index contributed by atoms with van der Waals surface area (Å²) in [6.45, 7) is 5.83. The zero-order chi connectivity index (χ0) is 11.2. The van der Waals surface area contributed by atoms with Gasteiger partial charge in [-0.25, -0.2) is 0 Å². The van der Waals surface area contributed by atoms with E-state index < -0.39 is 0 Å². The average Bonchev–Trinajstić information content (AvgIpc) is 2.60. The molecule has 0 atom stereocenters. The van der Waals surface area contributed by atoms with E-state index in [4.69, 9.17) is 14.7 Å². The van der Waals surface area contributed by atoms with Crippen molar-refractivity contribution >= 4 is 28.4 Å². The van der Waals surface area contributed by atoms with Crippen LogP contribution in [0.15, 0.2) is 8.94 Å². The lowest BCUT2D eigenvalue weighted by atomic mass is 10.1. The van der Waals surface area contributed by atoms with Gasteiger partial charge in [0.15, 0.2) is 11.6 Å².